The molecule has 0 aliphatic rings. The molecule has 24 heavy (non-hydrogen) atoms. The second-order valence-electron chi connectivity index (χ2n) is 5.39. The van der Waals surface area contributed by atoms with E-state index in [9.17, 15) is 4.79 Å². The average molecular weight is 322 g/mol. The van der Waals surface area contributed by atoms with E-state index in [0.29, 0.717) is 22.8 Å². The average Bonchev–Trinajstić information content (AvgIpc) is 2.57. The van der Waals surface area contributed by atoms with Crippen molar-refractivity contribution in [3.8, 4) is 22.6 Å². The number of methoxy groups -OCH3 is 1. The first-order chi connectivity index (χ1) is 11.7. The molecule has 0 amide bonds. The number of hydrogen-bond acceptors (Lipinski definition) is 4. The van der Waals surface area contributed by atoms with Gasteiger partial charge in [-0.05, 0) is 36.8 Å². The Morgan fingerprint density at radius 1 is 0.958 bits per heavy atom. The van der Waals surface area contributed by atoms with Crippen LogP contribution in [0.25, 0.3) is 11.1 Å². The van der Waals surface area contributed by atoms with E-state index in [1.165, 1.54) is 6.07 Å². The molecule has 0 saturated heterocycles. The van der Waals surface area contributed by atoms with Crippen LogP contribution < -0.4 is 10.2 Å². The van der Waals surface area contributed by atoms with Crippen molar-refractivity contribution >= 4 is 0 Å². The molecule has 0 aliphatic heterocycles. The lowest BCUT2D eigenvalue weighted by Gasteiger charge is -2.10. The normalized spacial score (nSPS) is 10.6. The van der Waals surface area contributed by atoms with Crippen LogP contribution in [0.2, 0.25) is 0 Å². The largest absolute Gasteiger partial charge is 0.463 e. The summed E-state index contributed by atoms with van der Waals surface area (Å²) >= 11 is 0. The van der Waals surface area contributed by atoms with Crippen LogP contribution in [-0.4, -0.2) is 7.11 Å². The number of hydrogen-bond donors (Lipinski definition) is 0. The number of rotatable bonds is 5. The second kappa shape index (κ2) is 7.15. The molecular weight excluding hydrogens is 304 g/mol. The summed E-state index contributed by atoms with van der Waals surface area (Å²) in [6.07, 6.45) is 0. The second-order valence-corrected chi connectivity index (χ2v) is 5.39. The van der Waals surface area contributed by atoms with Crippen LogP contribution in [0.5, 0.6) is 11.5 Å². The SMILES string of the molecule is COCc1oc(C)cc(=O)c1-c1ccc(Oc2ccccc2)cc1. The highest BCUT2D eigenvalue weighted by atomic mass is 16.5. The smallest absolute Gasteiger partial charge is 0.193 e. The Morgan fingerprint density at radius 2 is 1.62 bits per heavy atom. The van der Waals surface area contributed by atoms with Crippen LogP contribution in [0.15, 0.2) is 69.9 Å². The fourth-order valence-electron chi connectivity index (χ4n) is 2.52. The van der Waals surface area contributed by atoms with Gasteiger partial charge in [0.25, 0.3) is 0 Å². The van der Waals surface area contributed by atoms with Gasteiger partial charge in [0.15, 0.2) is 5.43 Å². The lowest BCUT2D eigenvalue weighted by atomic mass is 10.0. The Morgan fingerprint density at radius 3 is 2.29 bits per heavy atom. The molecule has 0 saturated carbocycles. The maximum Gasteiger partial charge on any atom is 0.193 e. The molecule has 0 atom stereocenters. The van der Waals surface area contributed by atoms with Gasteiger partial charge in [-0.2, -0.15) is 0 Å². The topological polar surface area (TPSA) is 48.7 Å². The highest BCUT2D eigenvalue weighted by Crippen LogP contribution is 2.26. The van der Waals surface area contributed by atoms with Gasteiger partial charge in [-0.15, -0.1) is 0 Å². The third kappa shape index (κ3) is 3.55. The van der Waals surface area contributed by atoms with E-state index in [2.05, 4.69) is 0 Å². The van der Waals surface area contributed by atoms with Gasteiger partial charge in [-0.3, -0.25) is 4.79 Å². The molecule has 0 N–H and O–H groups in total. The van der Waals surface area contributed by atoms with Crippen molar-refractivity contribution < 1.29 is 13.9 Å². The number of ether oxygens (including phenoxy) is 2. The minimum absolute atomic E-state index is 0.0810. The molecule has 0 radical (unpaired) electrons. The maximum atomic E-state index is 12.4. The summed E-state index contributed by atoms with van der Waals surface area (Å²) in [7, 11) is 1.57. The first-order valence-electron chi connectivity index (χ1n) is 7.63. The highest BCUT2D eigenvalue weighted by molar-refractivity contribution is 5.66. The monoisotopic (exact) mass is 322 g/mol. The summed E-state index contributed by atoms with van der Waals surface area (Å²) in [5.41, 5.74) is 1.22. The molecular formula is C20H18O4. The van der Waals surface area contributed by atoms with Crippen molar-refractivity contribution in [3.63, 3.8) is 0 Å². The fraction of sp³-hybridized carbons (Fsp3) is 0.150. The molecule has 0 fully saturated rings. The van der Waals surface area contributed by atoms with Crippen molar-refractivity contribution in [2.45, 2.75) is 13.5 Å². The molecule has 0 bridgehead atoms. The number of para-hydroxylation sites is 1. The summed E-state index contributed by atoms with van der Waals surface area (Å²) in [6.45, 7) is 2.00. The first-order valence-corrected chi connectivity index (χ1v) is 7.63. The third-order valence-corrected chi connectivity index (χ3v) is 3.54. The first kappa shape index (κ1) is 16.0. The van der Waals surface area contributed by atoms with Gasteiger partial charge in [0.05, 0.1) is 5.56 Å². The Hall–Kier alpha value is -2.85. The summed E-state index contributed by atoms with van der Waals surface area (Å²) in [5, 5.41) is 0. The molecule has 0 unspecified atom stereocenters. The van der Waals surface area contributed by atoms with Gasteiger partial charge >= 0.3 is 0 Å². The maximum absolute atomic E-state index is 12.4. The predicted molar refractivity (Wildman–Crippen MR) is 92.4 cm³/mol. The summed E-state index contributed by atoms with van der Waals surface area (Å²) < 4.78 is 16.6. The van der Waals surface area contributed by atoms with E-state index in [1.54, 1.807) is 14.0 Å². The van der Waals surface area contributed by atoms with Crippen LogP contribution in [0.4, 0.5) is 0 Å². The zero-order chi connectivity index (χ0) is 16.9. The Bertz CT molecular complexity index is 864. The molecule has 2 aromatic carbocycles. The Labute approximate surface area is 140 Å². The fourth-order valence-corrected chi connectivity index (χ4v) is 2.52. The van der Waals surface area contributed by atoms with E-state index in [4.69, 9.17) is 13.9 Å². The summed E-state index contributed by atoms with van der Waals surface area (Å²) in [6, 6.07) is 18.4. The molecule has 0 spiro atoms. The molecule has 3 aromatic rings. The van der Waals surface area contributed by atoms with Gasteiger partial charge in [-0.1, -0.05) is 30.3 Å². The van der Waals surface area contributed by atoms with Crippen LogP contribution in [0.3, 0.4) is 0 Å². The summed E-state index contributed by atoms with van der Waals surface area (Å²) in [5.74, 6) is 2.56. The minimum atomic E-state index is -0.0810. The molecule has 1 heterocycles. The lowest BCUT2D eigenvalue weighted by molar-refractivity contribution is 0.161. The van der Waals surface area contributed by atoms with Crippen molar-refractivity contribution in [2.75, 3.05) is 7.11 Å². The van der Waals surface area contributed by atoms with Crippen molar-refractivity contribution in [2.24, 2.45) is 0 Å². The Kier molecular flexibility index (Phi) is 4.77. The van der Waals surface area contributed by atoms with Gasteiger partial charge < -0.3 is 13.9 Å². The van der Waals surface area contributed by atoms with Crippen molar-refractivity contribution in [1.82, 2.24) is 0 Å². The molecule has 122 valence electrons. The summed E-state index contributed by atoms with van der Waals surface area (Å²) in [4.78, 5) is 12.4. The molecule has 3 rings (SSSR count). The van der Waals surface area contributed by atoms with E-state index >= 15 is 0 Å². The van der Waals surface area contributed by atoms with E-state index in [-0.39, 0.29) is 12.0 Å². The van der Waals surface area contributed by atoms with Gasteiger partial charge in [-0.25, -0.2) is 0 Å². The Balaban J connectivity index is 1.92. The molecule has 0 aliphatic carbocycles. The third-order valence-electron chi connectivity index (χ3n) is 3.54. The van der Waals surface area contributed by atoms with Crippen LogP contribution in [-0.2, 0) is 11.3 Å². The molecule has 4 heteroatoms. The lowest BCUT2D eigenvalue weighted by Crippen LogP contribution is -2.08. The molecule has 1 aromatic heterocycles. The number of benzene rings is 2. The van der Waals surface area contributed by atoms with E-state index in [0.717, 1.165) is 11.3 Å². The quantitative estimate of drug-likeness (QED) is 0.691. The zero-order valence-electron chi connectivity index (χ0n) is 13.6. The standard InChI is InChI=1S/C20H18O4/c1-14-12-18(21)20(19(23-14)13-22-2)15-8-10-17(11-9-15)24-16-6-4-3-5-7-16/h3-12H,13H2,1-2H3. The van der Waals surface area contributed by atoms with Crippen LogP contribution >= 0.6 is 0 Å². The highest BCUT2D eigenvalue weighted by Gasteiger charge is 2.13. The zero-order valence-corrected chi connectivity index (χ0v) is 13.6. The van der Waals surface area contributed by atoms with Crippen molar-refractivity contribution in [3.05, 3.63) is 82.4 Å². The predicted octanol–water partition coefficient (Wildman–Crippen LogP) is 4.55. The van der Waals surface area contributed by atoms with Crippen molar-refractivity contribution in [1.29, 1.82) is 0 Å². The van der Waals surface area contributed by atoms with Gasteiger partial charge in [0.2, 0.25) is 0 Å². The van der Waals surface area contributed by atoms with E-state index in [1.807, 2.05) is 54.6 Å². The van der Waals surface area contributed by atoms with Gasteiger partial charge in [0, 0.05) is 13.2 Å². The van der Waals surface area contributed by atoms with Crippen LogP contribution in [0, 0.1) is 6.92 Å². The van der Waals surface area contributed by atoms with E-state index < -0.39 is 0 Å². The van der Waals surface area contributed by atoms with Crippen LogP contribution in [0.1, 0.15) is 11.5 Å². The number of aryl methyl sites for hydroxylation is 1. The minimum Gasteiger partial charge on any atom is -0.463 e. The van der Waals surface area contributed by atoms with Gasteiger partial charge in [0.1, 0.15) is 29.6 Å². The molecule has 4 nitrogen and oxygen atoms in total.